The fourth-order valence-electron chi connectivity index (χ4n) is 2.58. The molecule has 0 radical (unpaired) electrons. The molecule has 25 heavy (non-hydrogen) atoms. The molecule has 3 aromatic rings. The predicted octanol–water partition coefficient (Wildman–Crippen LogP) is 3.93. The zero-order valence-electron chi connectivity index (χ0n) is 14.1. The van der Waals surface area contributed by atoms with Gasteiger partial charge in [0.05, 0.1) is 13.2 Å². The van der Waals surface area contributed by atoms with Gasteiger partial charge in [-0.25, -0.2) is 0 Å². The summed E-state index contributed by atoms with van der Waals surface area (Å²) in [7, 11) is 1.61. The van der Waals surface area contributed by atoms with Crippen LogP contribution in [-0.2, 0) is 6.42 Å². The number of carbonyl (C=O) groups excluding carboxylic acids is 1. The topological polar surface area (TPSA) is 30.2 Å². The summed E-state index contributed by atoms with van der Waals surface area (Å²) < 4.78 is 7.01. The Labute approximate surface area is 147 Å². The number of aromatic nitrogens is 1. The number of hydrogen-bond donors (Lipinski definition) is 0. The molecule has 0 saturated heterocycles. The second-order valence-electron chi connectivity index (χ2n) is 5.73. The number of ketones is 1. The van der Waals surface area contributed by atoms with Crippen molar-refractivity contribution in [1.82, 2.24) is 0 Å². The van der Waals surface area contributed by atoms with Gasteiger partial charge in [0.2, 0.25) is 0 Å². The number of pyridine rings is 1. The van der Waals surface area contributed by atoms with Gasteiger partial charge in [0.1, 0.15) is 5.75 Å². The lowest BCUT2D eigenvalue weighted by molar-refractivity contribution is -0.568. The van der Waals surface area contributed by atoms with E-state index in [4.69, 9.17) is 4.74 Å². The lowest BCUT2D eigenvalue weighted by atomic mass is 10.1. The van der Waals surface area contributed by atoms with Crippen molar-refractivity contribution in [3.63, 3.8) is 0 Å². The zero-order valence-corrected chi connectivity index (χ0v) is 14.1. The van der Waals surface area contributed by atoms with Crippen molar-refractivity contribution in [2.75, 3.05) is 7.11 Å². The standard InChI is InChI=1S/C22H20NO2/c1-25-21-11-9-20(10-12-21)22(24)13-15-23-14-5-8-19(17-23)16-18-6-3-2-4-7-18/h2-15,17H,16H2,1H3/q+1/b15-13+. The van der Waals surface area contributed by atoms with Crippen LogP contribution in [0.4, 0.5) is 0 Å². The van der Waals surface area contributed by atoms with Gasteiger partial charge in [-0.1, -0.05) is 30.3 Å². The molecule has 3 rings (SSSR count). The fraction of sp³-hybridized carbons (Fsp3) is 0.0909. The number of ether oxygens (including phenoxy) is 1. The summed E-state index contributed by atoms with van der Waals surface area (Å²) in [6.07, 6.45) is 8.17. The van der Waals surface area contributed by atoms with Gasteiger partial charge in [0.15, 0.2) is 24.4 Å². The Kier molecular flexibility index (Phi) is 5.37. The first-order chi connectivity index (χ1) is 12.2. The van der Waals surface area contributed by atoms with E-state index in [-0.39, 0.29) is 5.78 Å². The SMILES string of the molecule is COc1ccc(C(=O)/C=C/[n+]2cccc(Cc3ccccc3)c2)cc1. The lowest BCUT2D eigenvalue weighted by Gasteiger charge is -2.00. The van der Waals surface area contributed by atoms with Crippen molar-refractivity contribution >= 4 is 12.0 Å². The van der Waals surface area contributed by atoms with Gasteiger partial charge in [0.25, 0.3) is 0 Å². The van der Waals surface area contributed by atoms with Crippen LogP contribution in [0.5, 0.6) is 5.75 Å². The van der Waals surface area contributed by atoms with Crippen LogP contribution in [0.15, 0.2) is 85.2 Å². The van der Waals surface area contributed by atoms with Crippen LogP contribution in [-0.4, -0.2) is 12.9 Å². The molecule has 0 spiro atoms. The first-order valence-corrected chi connectivity index (χ1v) is 8.15. The minimum absolute atomic E-state index is 0.0383. The summed E-state index contributed by atoms with van der Waals surface area (Å²) >= 11 is 0. The smallest absolute Gasteiger partial charge is 0.191 e. The maximum atomic E-state index is 12.3. The van der Waals surface area contributed by atoms with E-state index in [9.17, 15) is 4.79 Å². The summed E-state index contributed by atoms with van der Waals surface area (Å²) in [6, 6.07) is 21.5. The highest BCUT2D eigenvalue weighted by atomic mass is 16.5. The highest BCUT2D eigenvalue weighted by Crippen LogP contribution is 2.12. The molecule has 0 fully saturated rings. The molecule has 1 aromatic heterocycles. The molecule has 0 aliphatic heterocycles. The first-order valence-electron chi connectivity index (χ1n) is 8.15. The quantitative estimate of drug-likeness (QED) is 0.389. The molecule has 0 amide bonds. The second-order valence-corrected chi connectivity index (χ2v) is 5.73. The Hall–Kier alpha value is -3.20. The number of carbonyl (C=O) groups is 1. The molecule has 0 aliphatic carbocycles. The third-order valence-electron chi connectivity index (χ3n) is 3.91. The lowest BCUT2D eigenvalue weighted by Crippen LogP contribution is -2.25. The highest BCUT2D eigenvalue weighted by molar-refractivity contribution is 6.05. The molecule has 3 heteroatoms. The van der Waals surface area contributed by atoms with Crippen molar-refractivity contribution in [3.8, 4) is 5.75 Å². The van der Waals surface area contributed by atoms with E-state index < -0.39 is 0 Å². The molecule has 2 aromatic carbocycles. The normalized spacial score (nSPS) is 10.8. The van der Waals surface area contributed by atoms with E-state index in [1.54, 1.807) is 43.7 Å². The van der Waals surface area contributed by atoms with E-state index >= 15 is 0 Å². The Morgan fingerprint density at radius 2 is 1.68 bits per heavy atom. The Morgan fingerprint density at radius 3 is 2.40 bits per heavy atom. The maximum Gasteiger partial charge on any atom is 0.191 e. The van der Waals surface area contributed by atoms with Crippen molar-refractivity contribution in [3.05, 3.63) is 102 Å². The number of rotatable bonds is 6. The van der Waals surface area contributed by atoms with Crippen LogP contribution in [0.2, 0.25) is 0 Å². The van der Waals surface area contributed by atoms with Crippen LogP contribution in [0.1, 0.15) is 21.5 Å². The maximum absolute atomic E-state index is 12.3. The van der Waals surface area contributed by atoms with Gasteiger partial charge in [0, 0.05) is 23.6 Å². The summed E-state index contributed by atoms with van der Waals surface area (Å²) in [6.45, 7) is 0. The van der Waals surface area contributed by atoms with Crippen molar-refractivity contribution in [1.29, 1.82) is 0 Å². The Morgan fingerprint density at radius 1 is 0.960 bits per heavy atom. The Balaban J connectivity index is 1.70. The van der Waals surface area contributed by atoms with Gasteiger partial charge in [-0.15, -0.1) is 0 Å². The van der Waals surface area contributed by atoms with Crippen LogP contribution in [0, 0.1) is 0 Å². The molecular weight excluding hydrogens is 310 g/mol. The van der Waals surface area contributed by atoms with Gasteiger partial charge < -0.3 is 4.74 Å². The molecule has 0 atom stereocenters. The molecular formula is C22H20NO2+. The van der Waals surface area contributed by atoms with Crippen molar-refractivity contribution in [2.24, 2.45) is 0 Å². The number of hydrogen-bond acceptors (Lipinski definition) is 2. The fourth-order valence-corrected chi connectivity index (χ4v) is 2.58. The number of nitrogens with zero attached hydrogens (tertiary/aromatic N) is 1. The average molecular weight is 330 g/mol. The number of allylic oxidation sites excluding steroid dienone is 1. The molecule has 3 nitrogen and oxygen atoms in total. The average Bonchev–Trinajstić information content (AvgIpc) is 2.67. The van der Waals surface area contributed by atoms with E-state index in [0.29, 0.717) is 5.56 Å². The van der Waals surface area contributed by atoms with Crippen LogP contribution in [0.3, 0.4) is 0 Å². The minimum Gasteiger partial charge on any atom is -0.497 e. The molecule has 124 valence electrons. The monoisotopic (exact) mass is 330 g/mol. The number of methoxy groups -OCH3 is 1. The molecule has 1 heterocycles. The van der Waals surface area contributed by atoms with E-state index in [1.807, 2.05) is 41.2 Å². The van der Waals surface area contributed by atoms with Crippen LogP contribution >= 0.6 is 0 Å². The van der Waals surface area contributed by atoms with Crippen molar-refractivity contribution < 1.29 is 14.1 Å². The summed E-state index contributed by atoms with van der Waals surface area (Å²) in [5.41, 5.74) is 3.09. The summed E-state index contributed by atoms with van der Waals surface area (Å²) in [4.78, 5) is 12.3. The minimum atomic E-state index is -0.0383. The molecule has 0 bridgehead atoms. The summed E-state index contributed by atoms with van der Waals surface area (Å²) in [5, 5.41) is 0. The third-order valence-corrected chi connectivity index (χ3v) is 3.91. The molecule has 0 unspecified atom stereocenters. The second kappa shape index (κ2) is 8.06. The van der Waals surface area contributed by atoms with Gasteiger partial charge >= 0.3 is 0 Å². The highest BCUT2D eigenvalue weighted by Gasteiger charge is 2.05. The zero-order chi connectivity index (χ0) is 17.5. The Bertz CT molecular complexity index is 868. The van der Waals surface area contributed by atoms with Gasteiger partial charge in [-0.2, -0.15) is 4.57 Å². The van der Waals surface area contributed by atoms with E-state index in [2.05, 4.69) is 18.2 Å². The van der Waals surface area contributed by atoms with E-state index in [1.165, 1.54) is 11.1 Å². The first kappa shape index (κ1) is 16.7. The number of benzene rings is 2. The third kappa shape index (κ3) is 4.64. The van der Waals surface area contributed by atoms with Crippen LogP contribution < -0.4 is 9.30 Å². The largest absolute Gasteiger partial charge is 0.497 e. The van der Waals surface area contributed by atoms with Gasteiger partial charge in [-0.3, -0.25) is 4.79 Å². The molecule has 0 N–H and O–H groups in total. The van der Waals surface area contributed by atoms with Crippen molar-refractivity contribution in [2.45, 2.75) is 6.42 Å². The molecule has 0 aliphatic rings. The predicted molar refractivity (Wildman–Crippen MR) is 98.5 cm³/mol. The summed E-state index contributed by atoms with van der Waals surface area (Å²) in [5.74, 6) is 0.701. The van der Waals surface area contributed by atoms with Gasteiger partial charge in [-0.05, 0) is 35.9 Å². The molecule has 0 saturated carbocycles. The van der Waals surface area contributed by atoms with Crippen LogP contribution in [0.25, 0.3) is 6.20 Å². The van der Waals surface area contributed by atoms with E-state index in [0.717, 1.165) is 12.2 Å².